The Morgan fingerprint density at radius 3 is 1.74 bits per heavy atom. The Bertz CT molecular complexity index is 1400. The fraction of sp³-hybridized carbons (Fsp3) is 0. The molecule has 0 spiro atoms. The standard InChI is InChI=1S/C16H11ClN2O8S2.2Na/c17-8-5-11(16(21)14(6-8)29(25,26)27)18-19-12-7-13(28(22,23)24)9-3-1-2-4-10(9)15(12)20;;/h1-7,20-21H,(H,22,23,24)(H,25,26,27);;/q;2*+1/p-2. The van der Waals surface area contributed by atoms with Gasteiger partial charge in [0.25, 0.3) is 20.2 Å². The molecule has 15 heteroatoms. The second kappa shape index (κ2) is 10.4. The topological polar surface area (TPSA) is 180 Å². The largest absolute Gasteiger partial charge is 1.00 e. The van der Waals surface area contributed by atoms with E-state index in [4.69, 9.17) is 16.2 Å². The molecular weight excluding hydrogens is 494 g/mol. The third-order valence-electron chi connectivity index (χ3n) is 3.76. The van der Waals surface area contributed by atoms with Crippen molar-refractivity contribution in [2.45, 2.75) is 9.79 Å². The van der Waals surface area contributed by atoms with Gasteiger partial charge >= 0.3 is 59.1 Å². The first kappa shape index (κ1) is 28.3. The number of fused-ring (bicyclic) bond motifs is 1. The minimum Gasteiger partial charge on any atom is -0.871 e. The Balaban J connectivity index is 0.00000240. The molecule has 3 rings (SSSR count). The molecule has 0 aliphatic carbocycles. The molecule has 0 aromatic heterocycles. The van der Waals surface area contributed by atoms with Gasteiger partial charge in [-0.05, 0) is 23.6 Å². The van der Waals surface area contributed by atoms with Crippen molar-refractivity contribution >= 4 is 54.0 Å². The number of nitrogens with zero attached hydrogens (tertiary/aromatic N) is 2. The van der Waals surface area contributed by atoms with E-state index in [0.717, 1.165) is 12.1 Å². The molecule has 0 atom stereocenters. The summed E-state index contributed by atoms with van der Waals surface area (Å²) in [6.45, 7) is 0. The van der Waals surface area contributed by atoms with E-state index in [9.17, 15) is 31.6 Å². The van der Waals surface area contributed by atoms with Crippen LogP contribution in [0.4, 0.5) is 11.4 Å². The molecule has 0 aliphatic heterocycles. The molecule has 31 heavy (non-hydrogen) atoms. The van der Waals surface area contributed by atoms with Crippen LogP contribution in [0, 0.1) is 0 Å². The number of halogens is 1. The van der Waals surface area contributed by atoms with Crippen molar-refractivity contribution in [2.24, 2.45) is 10.2 Å². The van der Waals surface area contributed by atoms with Crippen molar-refractivity contribution in [3.05, 3.63) is 47.5 Å². The average molecular weight is 503 g/mol. The van der Waals surface area contributed by atoms with Crippen LogP contribution >= 0.6 is 11.6 Å². The molecule has 0 bridgehead atoms. The van der Waals surface area contributed by atoms with Crippen LogP contribution < -0.4 is 69.3 Å². The van der Waals surface area contributed by atoms with Gasteiger partial charge in [-0.1, -0.05) is 47.4 Å². The predicted molar refractivity (Wildman–Crippen MR) is 98.1 cm³/mol. The second-order valence-corrected chi connectivity index (χ2v) is 8.89. The van der Waals surface area contributed by atoms with Gasteiger partial charge in [0.2, 0.25) is 0 Å². The Labute approximate surface area is 226 Å². The van der Waals surface area contributed by atoms with E-state index in [2.05, 4.69) is 10.2 Å². The zero-order valence-electron chi connectivity index (χ0n) is 16.0. The van der Waals surface area contributed by atoms with Crippen LogP contribution in [0.1, 0.15) is 0 Å². The van der Waals surface area contributed by atoms with Crippen molar-refractivity contribution in [3.63, 3.8) is 0 Å². The molecule has 0 saturated carbocycles. The summed E-state index contributed by atoms with van der Waals surface area (Å²) in [4.78, 5) is -1.65. The number of hydrogen-bond acceptors (Lipinski definition) is 8. The zero-order chi connectivity index (χ0) is 21.6. The summed E-state index contributed by atoms with van der Waals surface area (Å²) in [5.41, 5.74) is -1.16. The molecule has 0 unspecified atom stereocenters. The Hall–Kier alpha value is -0.770. The van der Waals surface area contributed by atoms with Gasteiger partial charge in [-0.25, -0.2) is 0 Å². The molecule has 2 N–H and O–H groups in total. The molecular formula is C16H9ClN2Na2O8S2. The first-order valence-corrected chi connectivity index (χ1v) is 10.8. The van der Waals surface area contributed by atoms with E-state index in [-0.39, 0.29) is 74.9 Å². The van der Waals surface area contributed by atoms with Gasteiger partial charge in [-0.3, -0.25) is 9.11 Å². The Morgan fingerprint density at radius 2 is 1.23 bits per heavy atom. The van der Waals surface area contributed by atoms with E-state index < -0.39 is 52.9 Å². The smallest absolute Gasteiger partial charge is 0.871 e. The molecule has 0 radical (unpaired) electrons. The summed E-state index contributed by atoms with van der Waals surface area (Å²) in [7, 11) is -9.63. The molecule has 0 aliphatic rings. The maximum atomic E-state index is 12.5. The third kappa shape index (κ3) is 6.18. The summed E-state index contributed by atoms with van der Waals surface area (Å²) in [5.74, 6) is -1.98. The third-order valence-corrected chi connectivity index (χ3v) is 5.73. The van der Waals surface area contributed by atoms with Gasteiger partial charge in [0.15, 0.2) is 0 Å². The molecule has 0 amide bonds. The minimum atomic E-state index is -4.90. The number of benzene rings is 3. The van der Waals surface area contributed by atoms with Crippen molar-refractivity contribution in [2.75, 3.05) is 0 Å². The van der Waals surface area contributed by atoms with E-state index in [0.29, 0.717) is 6.07 Å². The Kier molecular flexibility index (Phi) is 9.52. The maximum absolute atomic E-state index is 12.5. The summed E-state index contributed by atoms with van der Waals surface area (Å²) < 4.78 is 64.4. The number of rotatable bonds is 4. The average Bonchev–Trinajstić information content (AvgIpc) is 2.61. The second-order valence-electron chi connectivity index (χ2n) is 5.67. The van der Waals surface area contributed by atoms with E-state index in [1.807, 2.05) is 0 Å². The number of azo groups is 1. The fourth-order valence-corrected chi connectivity index (χ4v) is 4.13. The van der Waals surface area contributed by atoms with Crippen LogP contribution in [-0.2, 0) is 20.2 Å². The van der Waals surface area contributed by atoms with Crippen LogP contribution in [-0.4, -0.2) is 25.9 Å². The van der Waals surface area contributed by atoms with Gasteiger partial charge < -0.3 is 10.2 Å². The van der Waals surface area contributed by atoms with Crippen molar-refractivity contribution in [1.29, 1.82) is 0 Å². The van der Waals surface area contributed by atoms with Crippen LogP contribution in [0.2, 0.25) is 5.02 Å². The number of hydrogen-bond donors (Lipinski definition) is 2. The zero-order valence-corrected chi connectivity index (χ0v) is 22.4. The first-order valence-electron chi connectivity index (χ1n) is 7.49. The SMILES string of the molecule is O=S(=O)(O)c1cc(Cl)cc(N=Nc2cc(S(=O)(=O)O)c3ccccc3c2[O-])c1[O-].[Na+].[Na+]. The van der Waals surface area contributed by atoms with E-state index in [1.54, 1.807) is 0 Å². The van der Waals surface area contributed by atoms with Gasteiger partial charge in [0.05, 0.1) is 16.3 Å². The normalized spacial score (nSPS) is 11.8. The van der Waals surface area contributed by atoms with E-state index >= 15 is 0 Å². The molecule has 0 heterocycles. The quantitative estimate of drug-likeness (QED) is 0.210. The van der Waals surface area contributed by atoms with Crippen LogP contribution in [0.25, 0.3) is 10.8 Å². The van der Waals surface area contributed by atoms with Crippen molar-refractivity contribution in [3.8, 4) is 11.5 Å². The molecule has 3 aromatic carbocycles. The van der Waals surface area contributed by atoms with Gasteiger partial charge in [-0.2, -0.15) is 27.1 Å². The fourth-order valence-electron chi connectivity index (χ4n) is 2.52. The van der Waals surface area contributed by atoms with Crippen molar-refractivity contribution in [1.82, 2.24) is 0 Å². The van der Waals surface area contributed by atoms with Crippen LogP contribution in [0.15, 0.2) is 62.5 Å². The maximum Gasteiger partial charge on any atom is 1.00 e. The van der Waals surface area contributed by atoms with Gasteiger partial charge in [-0.15, -0.1) is 0 Å². The summed E-state index contributed by atoms with van der Waals surface area (Å²) in [6.07, 6.45) is 0. The first-order chi connectivity index (χ1) is 13.4. The molecule has 3 aromatic rings. The monoisotopic (exact) mass is 502 g/mol. The molecule has 10 nitrogen and oxygen atoms in total. The minimum absolute atomic E-state index is 0. The van der Waals surface area contributed by atoms with Gasteiger partial charge in [0, 0.05) is 10.4 Å². The Morgan fingerprint density at radius 1 is 0.742 bits per heavy atom. The molecule has 0 saturated heterocycles. The summed E-state index contributed by atoms with van der Waals surface area (Å²) >= 11 is 5.71. The summed E-state index contributed by atoms with van der Waals surface area (Å²) in [6, 6.07) is 7.96. The van der Waals surface area contributed by atoms with Crippen LogP contribution in [0.5, 0.6) is 11.5 Å². The predicted octanol–water partition coefficient (Wildman–Crippen LogP) is -3.44. The molecule has 152 valence electrons. The molecule has 0 fully saturated rings. The van der Waals surface area contributed by atoms with Crippen molar-refractivity contribution < 1.29 is 95.3 Å². The van der Waals surface area contributed by atoms with Gasteiger partial charge in [0.1, 0.15) is 4.90 Å². The van der Waals surface area contributed by atoms with E-state index in [1.165, 1.54) is 24.3 Å². The summed E-state index contributed by atoms with van der Waals surface area (Å²) in [5, 5.41) is 31.3. The van der Waals surface area contributed by atoms with Crippen LogP contribution in [0.3, 0.4) is 0 Å².